The minimum atomic E-state index is -0.363. The van der Waals surface area contributed by atoms with E-state index in [4.69, 9.17) is 4.74 Å². The first-order chi connectivity index (χ1) is 12.2. The molecular formula is C17H24FIN6O. The third-order valence-electron chi connectivity index (χ3n) is 4.05. The average Bonchev–Trinajstić information content (AvgIpc) is 3.21. The topological polar surface area (TPSA) is 76.4 Å². The lowest BCUT2D eigenvalue weighted by Gasteiger charge is -2.18. The molecule has 0 aliphatic carbocycles. The Morgan fingerprint density at radius 1 is 1.35 bits per heavy atom. The number of hydrogen-bond acceptors (Lipinski definition) is 4. The van der Waals surface area contributed by atoms with Gasteiger partial charge in [0.2, 0.25) is 0 Å². The van der Waals surface area contributed by atoms with Crippen LogP contribution >= 0.6 is 24.0 Å². The SMILES string of the molecule is CN=C(NCc1nnc2n1CCC2)NCC(C)Oc1ccccc1F.I. The van der Waals surface area contributed by atoms with Gasteiger partial charge in [-0.05, 0) is 25.5 Å². The Morgan fingerprint density at radius 2 is 2.15 bits per heavy atom. The Kier molecular flexibility index (Phi) is 7.61. The van der Waals surface area contributed by atoms with Crippen LogP contribution in [0.5, 0.6) is 5.75 Å². The van der Waals surface area contributed by atoms with Crippen LogP contribution in [0.15, 0.2) is 29.3 Å². The summed E-state index contributed by atoms with van der Waals surface area (Å²) in [7, 11) is 1.70. The van der Waals surface area contributed by atoms with E-state index in [1.165, 1.54) is 6.07 Å². The van der Waals surface area contributed by atoms with Crippen molar-refractivity contribution in [3.05, 3.63) is 41.7 Å². The molecule has 0 radical (unpaired) electrons. The van der Waals surface area contributed by atoms with E-state index in [1.807, 2.05) is 6.92 Å². The van der Waals surface area contributed by atoms with Gasteiger partial charge in [0, 0.05) is 20.0 Å². The number of halogens is 2. The van der Waals surface area contributed by atoms with Crippen LogP contribution in [0.25, 0.3) is 0 Å². The number of rotatable bonds is 6. The van der Waals surface area contributed by atoms with Gasteiger partial charge >= 0.3 is 0 Å². The van der Waals surface area contributed by atoms with Gasteiger partial charge in [0.1, 0.15) is 11.9 Å². The summed E-state index contributed by atoms with van der Waals surface area (Å²) in [5.41, 5.74) is 0. The maximum absolute atomic E-state index is 13.6. The Bertz CT molecular complexity index is 751. The first-order valence-electron chi connectivity index (χ1n) is 8.44. The monoisotopic (exact) mass is 474 g/mol. The number of aromatic nitrogens is 3. The average molecular weight is 474 g/mol. The zero-order chi connectivity index (χ0) is 17.6. The summed E-state index contributed by atoms with van der Waals surface area (Å²) in [6.07, 6.45) is 1.90. The van der Waals surface area contributed by atoms with Gasteiger partial charge in [0.15, 0.2) is 23.4 Å². The second kappa shape index (κ2) is 9.70. The fourth-order valence-corrected chi connectivity index (χ4v) is 2.76. The van der Waals surface area contributed by atoms with E-state index in [2.05, 4.69) is 30.4 Å². The van der Waals surface area contributed by atoms with Gasteiger partial charge in [0.05, 0.1) is 13.1 Å². The molecule has 2 aromatic rings. The number of ether oxygens (including phenoxy) is 1. The predicted octanol–water partition coefficient (Wildman–Crippen LogP) is 2.11. The molecule has 1 aromatic heterocycles. The van der Waals surface area contributed by atoms with Crippen molar-refractivity contribution in [1.82, 2.24) is 25.4 Å². The molecule has 0 saturated heterocycles. The molecule has 0 saturated carbocycles. The van der Waals surface area contributed by atoms with Gasteiger partial charge in [0.25, 0.3) is 0 Å². The highest BCUT2D eigenvalue weighted by Crippen LogP contribution is 2.16. The van der Waals surface area contributed by atoms with E-state index in [0.29, 0.717) is 19.0 Å². The molecule has 26 heavy (non-hydrogen) atoms. The Hall–Kier alpha value is -1.91. The van der Waals surface area contributed by atoms with E-state index in [9.17, 15) is 4.39 Å². The van der Waals surface area contributed by atoms with Crippen molar-refractivity contribution >= 4 is 29.9 Å². The molecule has 0 bridgehead atoms. The van der Waals surface area contributed by atoms with E-state index >= 15 is 0 Å². The molecule has 9 heteroatoms. The van der Waals surface area contributed by atoms with Crippen molar-refractivity contribution in [2.45, 2.75) is 39.0 Å². The molecule has 1 unspecified atom stereocenters. The van der Waals surface area contributed by atoms with Crippen molar-refractivity contribution in [2.75, 3.05) is 13.6 Å². The first kappa shape index (κ1) is 20.4. The lowest BCUT2D eigenvalue weighted by Crippen LogP contribution is -2.41. The van der Waals surface area contributed by atoms with Crippen LogP contribution in [-0.2, 0) is 19.5 Å². The summed E-state index contributed by atoms with van der Waals surface area (Å²) in [6, 6.07) is 6.38. The number of nitrogens with one attached hydrogen (secondary N) is 2. The molecule has 1 aliphatic heterocycles. The van der Waals surface area contributed by atoms with Gasteiger partial charge in [-0.3, -0.25) is 4.99 Å². The summed E-state index contributed by atoms with van der Waals surface area (Å²) >= 11 is 0. The van der Waals surface area contributed by atoms with Crippen LogP contribution in [0.4, 0.5) is 4.39 Å². The number of para-hydroxylation sites is 1. The molecule has 2 heterocycles. The Balaban J connectivity index is 0.00000243. The third kappa shape index (κ3) is 5.05. The van der Waals surface area contributed by atoms with Crippen molar-refractivity contribution in [3.63, 3.8) is 0 Å². The molecule has 1 aromatic carbocycles. The minimum Gasteiger partial charge on any atom is -0.486 e. The first-order valence-corrected chi connectivity index (χ1v) is 8.44. The third-order valence-corrected chi connectivity index (χ3v) is 4.05. The molecule has 0 spiro atoms. The molecule has 1 atom stereocenters. The van der Waals surface area contributed by atoms with Crippen molar-refractivity contribution in [3.8, 4) is 5.75 Å². The van der Waals surface area contributed by atoms with Crippen LogP contribution in [-0.4, -0.2) is 40.4 Å². The normalized spacial score (nSPS) is 14.3. The fourth-order valence-electron chi connectivity index (χ4n) is 2.76. The van der Waals surface area contributed by atoms with Crippen molar-refractivity contribution in [1.29, 1.82) is 0 Å². The zero-order valence-corrected chi connectivity index (χ0v) is 17.2. The van der Waals surface area contributed by atoms with E-state index in [1.54, 1.807) is 25.2 Å². The van der Waals surface area contributed by atoms with E-state index in [-0.39, 0.29) is 41.6 Å². The Morgan fingerprint density at radius 3 is 2.92 bits per heavy atom. The Labute approximate surface area is 169 Å². The van der Waals surface area contributed by atoms with Crippen LogP contribution in [0.2, 0.25) is 0 Å². The summed E-state index contributed by atoms with van der Waals surface area (Å²) in [6.45, 7) is 3.89. The molecule has 1 aliphatic rings. The number of aliphatic imine (C=N–C) groups is 1. The smallest absolute Gasteiger partial charge is 0.191 e. The summed E-state index contributed by atoms with van der Waals surface area (Å²) in [5.74, 6) is 2.48. The lowest BCUT2D eigenvalue weighted by atomic mass is 10.3. The maximum atomic E-state index is 13.6. The van der Waals surface area contributed by atoms with Gasteiger partial charge in [-0.25, -0.2) is 4.39 Å². The van der Waals surface area contributed by atoms with E-state index in [0.717, 1.165) is 31.0 Å². The highest BCUT2D eigenvalue weighted by Gasteiger charge is 2.17. The number of aryl methyl sites for hydroxylation is 1. The maximum Gasteiger partial charge on any atom is 0.191 e. The second-order valence-electron chi connectivity index (χ2n) is 5.95. The molecule has 0 amide bonds. The largest absolute Gasteiger partial charge is 0.486 e. The molecule has 7 nitrogen and oxygen atoms in total. The number of nitrogens with zero attached hydrogens (tertiary/aromatic N) is 4. The number of hydrogen-bond donors (Lipinski definition) is 2. The molecule has 0 fully saturated rings. The summed E-state index contributed by atoms with van der Waals surface area (Å²) in [5, 5.41) is 14.8. The summed E-state index contributed by atoms with van der Waals surface area (Å²) in [4.78, 5) is 4.18. The molecular weight excluding hydrogens is 450 g/mol. The predicted molar refractivity (Wildman–Crippen MR) is 108 cm³/mol. The summed E-state index contributed by atoms with van der Waals surface area (Å²) < 4.78 is 21.4. The van der Waals surface area contributed by atoms with Crippen molar-refractivity contribution in [2.24, 2.45) is 4.99 Å². The van der Waals surface area contributed by atoms with Crippen LogP contribution < -0.4 is 15.4 Å². The number of guanidine groups is 1. The van der Waals surface area contributed by atoms with Gasteiger partial charge < -0.3 is 19.9 Å². The highest BCUT2D eigenvalue weighted by molar-refractivity contribution is 14.0. The van der Waals surface area contributed by atoms with Crippen LogP contribution in [0, 0.1) is 5.82 Å². The fraction of sp³-hybridized carbons (Fsp3) is 0.471. The number of fused-ring (bicyclic) bond motifs is 1. The highest BCUT2D eigenvalue weighted by atomic mass is 127. The van der Waals surface area contributed by atoms with Gasteiger partial charge in [-0.1, -0.05) is 12.1 Å². The van der Waals surface area contributed by atoms with Gasteiger partial charge in [-0.2, -0.15) is 0 Å². The molecule has 2 N–H and O–H groups in total. The van der Waals surface area contributed by atoms with Gasteiger partial charge in [-0.15, -0.1) is 34.2 Å². The molecule has 142 valence electrons. The van der Waals surface area contributed by atoms with E-state index < -0.39 is 0 Å². The standard InChI is InChI=1S/C17H23FN6O.HI/c1-12(25-14-7-4-3-6-13(14)18)10-20-17(19-2)21-11-16-23-22-15-8-5-9-24(15)16;/h3-4,6-7,12H,5,8-11H2,1-2H3,(H2,19,20,21);1H. The van der Waals surface area contributed by atoms with Crippen LogP contribution in [0.1, 0.15) is 25.0 Å². The minimum absolute atomic E-state index is 0. The lowest BCUT2D eigenvalue weighted by molar-refractivity contribution is 0.214. The number of benzene rings is 1. The zero-order valence-electron chi connectivity index (χ0n) is 14.9. The van der Waals surface area contributed by atoms with Crippen LogP contribution in [0.3, 0.4) is 0 Å². The molecule has 3 rings (SSSR count). The quantitative estimate of drug-likeness (QED) is 0.381. The second-order valence-corrected chi connectivity index (χ2v) is 5.95. The van der Waals surface area contributed by atoms with Crippen molar-refractivity contribution < 1.29 is 9.13 Å².